The van der Waals surface area contributed by atoms with E-state index in [0.29, 0.717) is 6.54 Å². The van der Waals surface area contributed by atoms with E-state index in [0.717, 1.165) is 37.3 Å². The number of hydrogen-bond donors (Lipinski definition) is 2. The first-order valence-corrected chi connectivity index (χ1v) is 6.47. The summed E-state index contributed by atoms with van der Waals surface area (Å²) in [6, 6.07) is 5.68. The smallest absolute Gasteiger partial charge is 0.103 e. The standard InChI is InChI=1S/C14H22N2O/c1-11-5-7-14(10-15,8-6-11)13(17)12-4-2-3-9-16-12/h2-4,9,11,13,17H,5-8,10,15H2,1H3. The van der Waals surface area contributed by atoms with Crippen LogP contribution in [-0.4, -0.2) is 16.6 Å². The predicted octanol–water partition coefficient (Wildman–Crippen LogP) is 2.27. The lowest BCUT2D eigenvalue weighted by Crippen LogP contribution is -2.40. The summed E-state index contributed by atoms with van der Waals surface area (Å²) in [5.74, 6) is 0.755. The number of aromatic nitrogens is 1. The number of rotatable bonds is 3. The molecule has 1 unspecified atom stereocenters. The van der Waals surface area contributed by atoms with Crippen LogP contribution in [0.15, 0.2) is 24.4 Å². The van der Waals surface area contributed by atoms with Crippen molar-refractivity contribution in [3.05, 3.63) is 30.1 Å². The molecule has 1 heterocycles. The van der Waals surface area contributed by atoms with E-state index in [4.69, 9.17) is 5.73 Å². The fraction of sp³-hybridized carbons (Fsp3) is 0.643. The summed E-state index contributed by atoms with van der Waals surface area (Å²) in [5, 5.41) is 10.5. The Kier molecular flexibility index (Phi) is 3.79. The van der Waals surface area contributed by atoms with Gasteiger partial charge in [-0.05, 0) is 30.9 Å². The van der Waals surface area contributed by atoms with E-state index in [9.17, 15) is 5.11 Å². The molecule has 3 heteroatoms. The Hall–Kier alpha value is -0.930. The molecule has 0 spiro atoms. The molecule has 0 amide bonds. The zero-order valence-corrected chi connectivity index (χ0v) is 10.5. The molecule has 0 aliphatic heterocycles. The summed E-state index contributed by atoms with van der Waals surface area (Å²) in [6.07, 6.45) is 5.52. The van der Waals surface area contributed by atoms with Crippen LogP contribution in [-0.2, 0) is 0 Å². The number of hydrogen-bond acceptors (Lipinski definition) is 3. The van der Waals surface area contributed by atoms with Gasteiger partial charge in [0.2, 0.25) is 0 Å². The van der Waals surface area contributed by atoms with Crippen LogP contribution in [0.3, 0.4) is 0 Å². The first-order chi connectivity index (χ1) is 8.18. The van der Waals surface area contributed by atoms with Crippen molar-refractivity contribution in [1.82, 2.24) is 4.98 Å². The van der Waals surface area contributed by atoms with Gasteiger partial charge in [0.25, 0.3) is 0 Å². The number of nitrogens with zero attached hydrogens (tertiary/aromatic N) is 1. The Bertz CT molecular complexity index is 344. The Labute approximate surface area is 103 Å². The SMILES string of the molecule is CC1CCC(CN)(C(O)c2ccccn2)CC1. The van der Waals surface area contributed by atoms with Crippen LogP contribution in [0.4, 0.5) is 0 Å². The average Bonchev–Trinajstić information content (AvgIpc) is 2.40. The van der Waals surface area contributed by atoms with E-state index < -0.39 is 6.10 Å². The highest BCUT2D eigenvalue weighted by atomic mass is 16.3. The van der Waals surface area contributed by atoms with Crippen LogP contribution in [0.25, 0.3) is 0 Å². The highest BCUT2D eigenvalue weighted by Gasteiger charge is 2.40. The maximum atomic E-state index is 10.5. The highest BCUT2D eigenvalue weighted by molar-refractivity contribution is 5.11. The third kappa shape index (κ3) is 2.50. The van der Waals surface area contributed by atoms with Crippen molar-refractivity contribution in [2.24, 2.45) is 17.1 Å². The van der Waals surface area contributed by atoms with Gasteiger partial charge in [-0.15, -0.1) is 0 Å². The summed E-state index contributed by atoms with van der Waals surface area (Å²) >= 11 is 0. The van der Waals surface area contributed by atoms with Crippen LogP contribution < -0.4 is 5.73 Å². The van der Waals surface area contributed by atoms with E-state index in [1.54, 1.807) is 6.20 Å². The molecule has 0 saturated heterocycles. The lowest BCUT2D eigenvalue weighted by Gasteiger charge is -2.41. The largest absolute Gasteiger partial charge is 0.386 e. The van der Waals surface area contributed by atoms with Gasteiger partial charge in [0.1, 0.15) is 6.10 Å². The van der Waals surface area contributed by atoms with E-state index in [1.807, 2.05) is 18.2 Å². The predicted molar refractivity (Wildman–Crippen MR) is 68.3 cm³/mol. The molecule has 94 valence electrons. The normalized spacial score (nSPS) is 31.1. The molecule has 1 aliphatic rings. The number of pyridine rings is 1. The second kappa shape index (κ2) is 5.15. The summed E-state index contributed by atoms with van der Waals surface area (Å²) in [4.78, 5) is 4.26. The molecule has 17 heavy (non-hydrogen) atoms. The average molecular weight is 234 g/mol. The van der Waals surface area contributed by atoms with Crippen LogP contribution in [0.2, 0.25) is 0 Å². The molecule has 3 nitrogen and oxygen atoms in total. The van der Waals surface area contributed by atoms with Gasteiger partial charge in [-0.3, -0.25) is 4.98 Å². The maximum Gasteiger partial charge on any atom is 0.103 e. The fourth-order valence-electron chi connectivity index (χ4n) is 2.78. The third-order valence-electron chi connectivity index (χ3n) is 4.22. The number of aliphatic hydroxyl groups is 1. The highest BCUT2D eigenvalue weighted by Crippen LogP contribution is 2.46. The van der Waals surface area contributed by atoms with E-state index >= 15 is 0 Å². The molecule has 0 aromatic carbocycles. The number of nitrogens with two attached hydrogens (primary N) is 1. The molecular weight excluding hydrogens is 212 g/mol. The zero-order chi connectivity index (χ0) is 12.3. The second-order valence-corrected chi connectivity index (χ2v) is 5.41. The topological polar surface area (TPSA) is 59.1 Å². The molecule has 2 rings (SSSR count). The molecule has 1 fully saturated rings. The van der Waals surface area contributed by atoms with Crippen molar-refractivity contribution in [3.63, 3.8) is 0 Å². The molecule has 3 N–H and O–H groups in total. The van der Waals surface area contributed by atoms with E-state index in [2.05, 4.69) is 11.9 Å². The van der Waals surface area contributed by atoms with Crippen LogP contribution in [0.1, 0.15) is 44.4 Å². The van der Waals surface area contributed by atoms with Crippen LogP contribution in [0, 0.1) is 11.3 Å². The maximum absolute atomic E-state index is 10.5. The van der Waals surface area contributed by atoms with Crippen molar-refractivity contribution in [2.45, 2.75) is 38.7 Å². The molecule has 1 aromatic heterocycles. The van der Waals surface area contributed by atoms with Crippen molar-refractivity contribution in [3.8, 4) is 0 Å². The number of aliphatic hydroxyl groups excluding tert-OH is 1. The Morgan fingerprint density at radius 3 is 2.71 bits per heavy atom. The van der Waals surface area contributed by atoms with Gasteiger partial charge in [-0.2, -0.15) is 0 Å². The lowest BCUT2D eigenvalue weighted by molar-refractivity contribution is -0.0108. The summed E-state index contributed by atoms with van der Waals surface area (Å²) in [6.45, 7) is 2.81. The minimum absolute atomic E-state index is 0.166. The van der Waals surface area contributed by atoms with Gasteiger partial charge >= 0.3 is 0 Å². The van der Waals surface area contributed by atoms with E-state index in [-0.39, 0.29) is 5.41 Å². The summed E-state index contributed by atoms with van der Waals surface area (Å²) in [7, 11) is 0. The van der Waals surface area contributed by atoms with Crippen molar-refractivity contribution < 1.29 is 5.11 Å². The molecule has 0 radical (unpaired) electrons. The van der Waals surface area contributed by atoms with Gasteiger partial charge in [-0.25, -0.2) is 0 Å². The monoisotopic (exact) mass is 234 g/mol. The van der Waals surface area contributed by atoms with Gasteiger partial charge in [0.15, 0.2) is 0 Å². The zero-order valence-electron chi connectivity index (χ0n) is 10.5. The quantitative estimate of drug-likeness (QED) is 0.843. The van der Waals surface area contributed by atoms with E-state index in [1.165, 1.54) is 0 Å². The van der Waals surface area contributed by atoms with Crippen molar-refractivity contribution >= 4 is 0 Å². The van der Waals surface area contributed by atoms with Crippen molar-refractivity contribution in [2.75, 3.05) is 6.54 Å². The molecule has 1 saturated carbocycles. The molecule has 0 bridgehead atoms. The minimum Gasteiger partial charge on any atom is -0.386 e. The second-order valence-electron chi connectivity index (χ2n) is 5.41. The Morgan fingerprint density at radius 1 is 1.47 bits per heavy atom. The van der Waals surface area contributed by atoms with Gasteiger partial charge < -0.3 is 10.8 Å². The van der Waals surface area contributed by atoms with Crippen LogP contribution >= 0.6 is 0 Å². The summed E-state index contributed by atoms with van der Waals surface area (Å²) in [5.41, 5.74) is 6.53. The van der Waals surface area contributed by atoms with Crippen molar-refractivity contribution in [1.29, 1.82) is 0 Å². The Balaban J connectivity index is 2.18. The van der Waals surface area contributed by atoms with Crippen LogP contribution in [0.5, 0.6) is 0 Å². The third-order valence-corrected chi connectivity index (χ3v) is 4.22. The van der Waals surface area contributed by atoms with Gasteiger partial charge in [0.05, 0.1) is 5.69 Å². The summed E-state index contributed by atoms with van der Waals surface area (Å²) < 4.78 is 0. The molecular formula is C14H22N2O. The van der Waals surface area contributed by atoms with Gasteiger partial charge in [0, 0.05) is 18.2 Å². The minimum atomic E-state index is -0.527. The first kappa shape index (κ1) is 12.5. The fourth-order valence-corrected chi connectivity index (χ4v) is 2.78. The molecule has 1 atom stereocenters. The molecule has 1 aliphatic carbocycles. The molecule has 1 aromatic rings. The van der Waals surface area contributed by atoms with Gasteiger partial charge in [-0.1, -0.05) is 25.8 Å². The first-order valence-electron chi connectivity index (χ1n) is 6.47. The lowest BCUT2D eigenvalue weighted by atomic mass is 9.67. The Morgan fingerprint density at radius 2 is 2.18 bits per heavy atom.